The van der Waals surface area contributed by atoms with Crippen LogP contribution < -0.4 is 0 Å². The fourth-order valence-electron chi connectivity index (χ4n) is 5.24. The summed E-state index contributed by atoms with van der Waals surface area (Å²) in [4.78, 5) is 12.9. The van der Waals surface area contributed by atoms with Crippen LogP contribution in [0.4, 0.5) is 0 Å². The van der Waals surface area contributed by atoms with E-state index >= 15 is 0 Å². The van der Waals surface area contributed by atoms with Gasteiger partial charge in [-0.3, -0.25) is 4.79 Å². The molecule has 2 saturated carbocycles. The first-order chi connectivity index (χ1) is 15.9. The van der Waals surface area contributed by atoms with Gasteiger partial charge in [0, 0.05) is 47.4 Å². The fraction of sp³-hybridized carbons (Fsp3) is 0.654. The van der Waals surface area contributed by atoms with Crippen LogP contribution in [0.25, 0.3) is 0 Å². The second-order valence-corrected chi connectivity index (χ2v) is 11.2. The highest BCUT2D eigenvalue weighted by Crippen LogP contribution is 2.48. The molecule has 180 valence electrons. The zero-order valence-corrected chi connectivity index (χ0v) is 21.2. The Bertz CT molecular complexity index is 964. The number of hydrogen-bond donors (Lipinski definition) is 1. The van der Waals surface area contributed by atoms with Crippen LogP contribution in [0.15, 0.2) is 18.2 Å². The highest BCUT2D eigenvalue weighted by molar-refractivity contribution is 6.35. The summed E-state index contributed by atoms with van der Waals surface area (Å²) >= 11 is 12.2. The Morgan fingerprint density at radius 3 is 2.61 bits per heavy atom. The van der Waals surface area contributed by atoms with Crippen molar-refractivity contribution in [1.82, 2.24) is 14.8 Å². The molecule has 2 aliphatic rings. The molecule has 1 aromatic heterocycles. The molecule has 0 saturated heterocycles. The second-order valence-electron chi connectivity index (χ2n) is 10.4. The third-order valence-electron chi connectivity index (χ3n) is 7.07. The summed E-state index contributed by atoms with van der Waals surface area (Å²) in [5.74, 6) is 4.06. The molecule has 1 N–H and O–H groups in total. The Hall–Kier alpha value is -1.43. The van der Waals surface area contributed by atoms with Crippen molar-refractivity contribution >= 4 is 29.0 Å². The van der Waals surface area contributed by atoms with Crippen LogP contribution in [0.3, 0.4) is 0 Å². The first kappa shape index (κ1) is 24.7. The Morgan fingerprint density at radius 2 is 1.97 bits per heavy atom. The minimum atomic E-state index is -0.100. The lowest BCUT2D eigenvalue weighted by molar-refractivity contribution is -0.119. The molecule has 0 unspecified atom stereocenters. The number of aliphatic hydroxyl groups excluding tert-OH is 1. The number of benzene rings is 1. The highest BCUT2D eigenvalue weighted by atomic mass is 35.5. The van der Waals surface area contributed by atoms with Crippen molar-refractivity contribution in [2.75, 3.05) is 6.61 Å². The predicted octanol–water partition coefficient (Wildman–Crippen LogP) is 6.52. The van der Waals surface area contributed by atoms with E-state index in [4.69, 9.17) is 23.2 Å². The first-order valence-corrected chi connectivity index (χ1v) is 13.1. The maximum atomic E-state index is 12.9. The standard InChI is InChI=1S/C26H35Cl2N3O2/c1-16(2)11-17-12-20(13-17)26-30-29-25(31(26)22-6-7-22)19(9-10-32)14-23(33)8-4-18-3-5-21(27)15-24(18)28/h3,5,15-17,19-20,22,32H,4,6-14H2,1-2H3/t17?,19-,20?/m0/s1. The van der Waals surface area contributed by atoms with E-state index in [2.05, 4.69) is 28.6 Å². The zero-order chi connectivity index (χ0) is 23.5. The minimum absolute atomic E-state index is 0.0354. The van der Waals surface area contributed by atoms with Gasteiger partial charge in [-0.2, -0.15) is 0 Å². The van der Waals surface area contributed by atoms with Gasteiger partial charge in [0.15, 0.2) is 0 Å². The Kier molecular flexibility index (Phi) is 8.14. The number of halogens is 2. The molecule has 2 aliphatic carbocycles. The van der Waals surface area contributed by atoms with Crippen LogP contribution in [0.5, 0.6) is 0 Å². The van der Waals surface area contributed by atoms with Crippen molar-refractivity contribution in [3.63, 3.8) is 0 Å². The van der Waals surface area contributed by atoms with Crippen LogP contribution in [-0.4, -0.2) is 32.3 Å². The molecule has 1 heterocycles. The Balaban J connectivity index is 1.43. The lowest BCUT2D eigenvalue weighted by Gasteiger charge is -2.36. The molecule has 2 aromatic rings. The second kappa shape index (κ2) is 10.9. The quantitative estimate of drug-likeness (QED) is 0.366. The molecule has 0 amide bonds. The van der Waals surface area contributed by atoms with Crippen molar-refractivity contribution in [3.8, 4) is 0 Å². The minimum Gasteiger partial charge on any atom is -0.396 e. The molecule has 0 bridgehead atoms. The SMILES string of the molecule is CC(C)CC1CC(c2nnc([C@@H](CCO)CC(=O)CCc3ccc(Cl)cc3Cl)n2C2CC2)C1. The van der Waals surface area contributed by atoms with Gasteiger partial charge in [0.2, 0.25) is 0 Å². The van der Waals surface area contributed by atoms with E-state index in [0.717, 1.165) is 41.9 Å². The lowest BCUT2D eigenvalue weighted by Crippen LogP contribution is -2.26. The molecule has 5 nitrogen and oxygen atoms in total. The summed E-state index contributed by atoms with van der Waals surface area (Å²) in [6, 6.07) is 5.85. The van der Waals surface area contributed by atoms with E-state index in [1.807, 2.05) is 6.07 Å². The Labute approximate surface area is 206 Å². The summed E-state index contributed by atoms with van der Waals surface area (Å²) in [5.41, 5.74) is 0.928. The summed E-state index contributed by atoms with van der Waals surface area (Å²) in [7, 11) is 0. The number of rotatable bonds is 12. The van der Waals surface area contributed by atoms with Crippen molar-refractivity contribution in [1.29, 1.82) is 0 Å². The van der Waals surface area contributed by atoms with Crippen molar-refractivity contribution < 1.29 is 9.90 Å². The highest BCUT2D eigenvalue weighted by Gasteiger charge is 2.39. The molecule has 1 atom stereocenters. The predicted molar refractivity (Wildman–Crippen MR) is 132 cm³/mol. The van der Waals surface area contributed by atoms with Crippen molar-refractivity contribution in [2.24, 2.45) is 11.8 Å². The lowest BCUT2D eigenvalue weighted by atomic mass is 9.71. The molecule has 4 rings (SSSR count). The average molecular weight is 492 g/mol. The molecule has 7 heteroatoms. The van der Waals surface area contributed by atoms with Gasteiger partial charge in [0.1, 0.15) is 17.4 Å². The van der Waals surface area contributed by atoms with Crippen LogP contribution in [0.1, 0.15) is 100 Å². The van der Waals surface area contributed by atoms with Crippen LogP contribution in [0.2, 0.25) is 10.0 Å². The van der Waals surface area contributed by atoms with Gasteiger partial charge in [0.05, 0.1) is 0 Å². The molecule has 2 fully saturated rings. The van der Waals surface area contributed by atoms with E-state index < -0.39 is 0 Å². The molecule has 0 radical (unpaired) electrons. The average Bonchev–Trinajstić information content (AvgIpc) is 3.48. The third-order valence-corrected chi connectivity index (χ3v) is 7.66. The van der Waals surface area contributed by atoms with E-state index in [9.17, 15) is 9.90 Å². The number of carbonyl (C=O) groups excluding carboxylic acids is 1. The van der Waals surface area contributed by atoms with Crippen LogP contribution in [0, 0.1) is 11.8 Å². The smallest absolute Gasteiger partial charge is 0.136 e. The van der Waals surface area contributed by atoms with Gasteiger partial charge in [-0.15, -0.1) is 10.2 Å². The number of aliphatic hydroxyl groups is 1. The fourth-order valence-corrected chi connectivity index (χ4v) is 5.74. The molecule has 1 aromatic carbocycles. The zero-order valence-electron chi connectivity index (χ0n) is 19.6. The first-order valence-electron chi connectivity index (χ1n) is 12.4. The molecular formula is C26H35Cl2N3O2. The van der Waals surface area contributed by atoms with E-state index in [-0.39, 0.29) is 18.3 Å². The van der Waals surface area contributed by atoms with E-state index in [0.29, 0.717) is 47.7 Å². The number of aryl methyl sites for hydroxylation is 1. The molecule has 0 spiro atoms. The number of aromatic nitrogens is 3. The van der Waals surface area contributed by atoms with Gasteiger partial charge in [0.25, 0.3) is 0 Å². The number of nitrogens with zero attached hydrogens (tertiary/aromatic N) is 3. The number of ketones is 1. The topological polar surface area (TPSA) is 68.0 Å². The summed E-state index contributed by atoms with van der Waals surface area (Å²) in [5, 5.41) is 20.1. The third kappa shape index (κ3) is 6.17. The maximum absolute atomic E-state index is 12.9. The van der Waals surface area contributed by atoms with E-state index in [1.54, 1.807) is 12.1 Å². The number of hydrogen-bond acceptors (Lipinski definition) is 4. The summed E-state index contributed by atoms with van der Waals surface area (Å²) in [6.07, 6.45) is 7.84. The number of Topliss-reactive ketones (excluding diaryl/α,β-unsaturated/α-hetero) is 1. The molecule has 0 aliphatic heterocycles. The van der Waals surface area contributed by atoms with Crippen LogP contribution in [-0.2, 0) is 11.2 Å². The summed E-state index contributed by atoms with van der Waals surface area (Å²) in [6.45, 7) is 4.61. The number of carbonyl (C=O) groups is 1. The van der Waals surface area contributed by atoms with Crippen molar-refractivity contribution in [3.05, 3.63) is 45.5 Å². The van der Waals surface area contributed by atoms with E-state index in [1.165, 1.54) is 19.3 Å². The normalized spacial score (nSPS) is 21.3. The van der Waals surface area contributed by atoms with Gasteiger partial charge >= 0.3 is 0 Å². The molecular weight excluding hydrogens is 457 g/mol. The monoisotopic (exact) mass is 491 g/mol. The largest absolute Gasteiger partial charge is 0.396 e. The van der Waals surface area contributed by atoms with Gasteiger partial charge in [-0.05, 0) is 74.5 Å². The van der Waals surface area contributed by atoms with Gasteiger partial charge < -0.3 is 9.67 Å². The van der Waals surface area contributed by atoms with Gasteiger partial charge in [-0.25, -0.2) is 0 Å². The Morgan fingerprint density at radius 1 is 1.21 bits per heavy atom. The molecule has 33 heavy (non-hydrogen) atoms. The summed E-state index contributed by atoms with van der Waals surface area (Å²) < 4.78 is 2.33. The van der Waals surface area contributed by atoms with Gasteiger partial charge in [-0.1, -0.05) is 43.1 Å². The van der Waals surface area contributed by atoms with Crippen molar-refractivity contribution in [2.45, 2.75) is 89.5 Å². The maximum Gasteiger partial charge on any atom is 0.136 e. The van der Waals surface area contributed by atoms with Crippen LogP contribution >= 0.6 is 23.2 Å².